The van der Waals surface area contributed by atoms with Gasteiger partial charge in [-0.3, -0.25) is 14.0 Å². The summed E-state index contributed by atoms with van der Waals surface area (Å²) in [7, 11) is -3.81. The number of rotatable bonds is 5. The van der Waals surface area contributed by atoms with Gasteiger partial charge in [0.25, 0.3) is 5.56 Å². The maximum absolute atomic E-state index is 13.0. The van der Waals surface area contributed by atoms with Crippen molar-refractivity contribution in [2.24, 2.45) is 0 Å². The molecule has 0 N–H and O–H groups in total. The van der Waals surface area contributed by atoms with Gasteiger partial charge in [0.2, 0.25) is 10.0 Å². The van der Waals surface area contributed by atoms with Crippen molar-refractivity contribution in [3.8, 4) is 0 Å². The number of aryl methyl sites for hydroxylation is 2. The molecule has 0 unspecified atom stereocenters. The van der Waals surface area contributed by atoms with E-state index in [0.717, 1.165) is 11.1 Å². The number of nitrogens with zero attached hydrogens (tertiary/aromatic N) is 3. The number of sulfonamides is 1. The van der Waals surface area contributed by atoms with Crippen molar-refractivity contribution < 1.29 is 17.9 Å². The molecule has 1 aliphatic heterocycles. The Morgan fingerprint density at radius 1 is 1.13 bits per heavy atom. The zero-order valence-corrected chi connectivity index (χ0v) is 18.1. The largest absolute Gasteiger partial charge is 0.458 e. The van der Waals surface area contributed by atoms with Gasteiger partial charge in [-0.15, -0.1) is 0 Å². The summed E-state index contributed by atoms with van der Waals surface area (Å²) in [6.07, 6.45) is 2.64. The van der Waals surface area contributed by atoms with E-state index >= 15 is 0 Å². The summed E-state index contributed by atoms with van der Waals surface area (Å²) in [6.45, 7) is 3.80. The molecule has 1 saturated heterocycles. The first-order chi connectivity index (χ1) is 14.8. The smallest absolute Gasteiger partial charge is 0.324 e. The van der Waals surface area contributed by atoms with Crippen LogP contribution in [0.15, 0.2) is 58.4 Å². The van der Waals surface area contributed by atoms with E-state index in [9.17, 15) is 18.0 Å². The molecule has 1 atom stereocenters. The van der Waals surface area contributed by atoms with Gasteiger partial charge in [-0.05, 0) is 50.5 Å². The minimum Gasteiger partial charge on any atom is -0.458 e. The molecule has 1 aliphatic rings. The van der Waals surface area contributed by atoms with Gasteiger partial charge in [0.05, 0.1) is 10.6 Å². The van der Waals surface area contributed by atoms with Crippen LogP contribution < -0.4 is 5.56 Å². The second-order valence-corrected chi connectivity index (χ2v) is 9.61. The van der Waals surface area contributed by atoms with Crippen LogP contribution in [0.25, 0.3) is 5.65 Å². The van der Waals surface area contributed by atoms with E-state index < -0.39 is 22.0 Å². The average Bonchev–Trinajstić information content (AvgIpc) is 3.24. The number of benzene rings is 1. The van der Waals surface area contributed by atoms with Crippen LogP contribution in [0.3, 0.4) is 0 Å². The molecule has 0 amide bonds. The number of pyridine rings is 1. The molecule has 3 aromatic rings. The van der Waals surface area contributed by atoms with Crippen molar-refractivity contribution in [2.75, 3.05) is 6.54 Å². The minimum absolute atomic E-state index is 0.150. The molecule has 0 spiro atoms. The maximum atomic E-state index is 13.0. The van der Waals surface area contributed by atoms with Crippen molar-refractivity contribution in [2.45, 2.75) is 44.2 Å². The molecule has 1 aromatic carbocycles. The second-order valence-electron chi connectivity index (χ2n) is 7.71. The molecule has 0 bridgehead atoms. The van der Waals surface area contributed by atoms with Gasteiger partial charge >= 0.3 is 5.97 Å². The fraction of sp³-hybridized carbons (Fsp3) is 0.318. The maximum Gasteiger partial charge on any atom is 0.324 e. The number of fused-ring (bicyclic) bond motifs is 1. The molecule has 162 valence electrons. The lowest BCUT2D eigenvalue weighted by Gasteiger charge is -2.22. The Balaban J connectivity index is 1.50. The van der Waals surface area contributed by atoms with Gasteiger partial charge < -0.3 is 4.74 Å². The third kappa shape index (κ3) is 4.24. The van der Waals surface area contributed by atoms with Crippen LogP contribution in [0.4, 0.5) is 0 Å². The molecule has 0 radical (unpaired) electrons. The highest BCUT2D eigenvalue weighted by atomic mass is 32.2. The van der Waals surface area contributed by atoms with E-state index in [2.05, 4.69) is 4.98 Å². The average molecular weight is 442 g/mol. The highest BCUT2D eigenvalue weighted by molar-refractivity contribution is 7.89. The summed E-state index contributed by atoms with van der Waals surface area (Å²) < 4.78 is 34.0. The molecule has 4 rings (SSSR count). The molecule has 3 heterocycles. The first kappa shape index (κ1) is 21.2. The summed E-state index contributed by atoms with van der Waals surface area (Å²) >= 11 is 0. The van der Waals surface area contributed by atoms with Gasteiger partial charge in [0, 0.05) is 18.8 Å². The number of hydrogen-bond acceptors (Lipinski definition) is 6. The predicted molar refractivity (Wildman–Crippen MR) is 114 cm³/mol. The Hall–Kier alpha value is -3.04. The van der Waals surface area contributed by atoms with Crippen LogP contribution in [-0.4, -0.2) is 40.7 Å². The summed E-state index contributed by atoms with van der Waals surface area (Å²) in [5.74, 6) is -0.640. The Labute approximate surface area is 180 Å². The third-order valence-electron chi connectivity index (χ3n) is 5.33. The Kier molecular flexibility index (Phi) is 5.63. The lowest BCUT2D eigenvalue weighted by atomic mass is 10.2. The van der Waals surface area contributed by atoms with Gasteiger partial charge in [0.1, 0.15) is 18.3 Å². The van der Waals surface area contributed by atoms with E-state index in [-0.39, 0.29) is 23.6 Å². The standard InChI is InChI=1S/C22H23N3O5S/c1-15-5-8-18(9-6-15)31(28,29)25-11-3-4-19(25)22(27)30-14-17-12-21(26)24-13-16(2)7-10-20(24)23-17/h5-10,12-13,19H,3-4,11,14H2,1-2H3/t19-/m0/s1. The summed E-state index contributed by atoms with van der Waals surface area (Å²) in [4.78, 5) is 29.5. The molecular formula is C22H23N3O5S. The SMILES string of the molecule is Cc1ccc(S(=O)(=O)N2CCC[C@H]2C(=O)OCc2cc(=O)n3cc(C)ccc3n2)cc1. The Morgan fingerprint density at radius 2 is 1.84 bits per heavy atom. The first-order valence-electron chi connectivity index (χ1n) is 10.00. The second kappa shape index (κ2) is 8.24. The number of hydrogen-bond donors (Lipinski definition) is 0. The Morgan fingerprint density at radius 3 is 2.58 bits per heavy atom. The summed E-state index contributed by atoms with van der Waals surface area (Å²) in [6, 6.07) is 10.5. The normalized spacial score (nSPS) is 17.2. The van der Waals surface area contributed by atoms with Gasteiger partial charge in [-0.25, -0.2) is 13.4 Å². The van der Waals surface area contributed by atoms with E-state index in [1.165, 1.54) is 14.8 Å². The van der Waals surface area contributed by atoms with E-state index in [1.807, 2.05) is 19.9 Å². The molecule has 0 aliphatic carbocycles. The molecule has 9 heteroatoms. The van der Waals surface area contributed by atoms with E-state index in [1.54, 1.807) is 36.5 Å². The van der Waals surface area contributed by atoms with Crippen molar-refractivity contribution in [1.82, 2.24) is 13.7 Å². The van der Waals surface area contributed by atoms with Crippen LogP contribution in [-0.2, 0) is 26.2 Å². The Bertz CT molecular complexity index is 1300. The third-order valence-corrected chi connectivity index (χ3v) is 7.25. The molecule has 0 saturated carbocycles. The van der Waals surface area contributed by atoms with Crippen LogP contribution in [0.5, 0.6) is 0 Å². The molecule has 2 aromatic heterocycles. The minimum atomic E-state index is -3.81. The van der Waals surface area contributed by atoms with E-state index in [0.29, 0.717) is 24.2 Å². The summed E-state index contributed by atoms with van der Waals surface area (Å²) in [5.41, 5.74) is 2.36. The highest BCUT2D eigenvalue weighted by Crippen LogP contribution is 2.27. The van der Waals surface area contributed by atoms with Crippen LogP contribution in [0.1, 0.15) is 29.7 Å². The van der Waals surface area contributed by atoms with Crippen molar-refractivity contribution in [1.29, 1.82) is 0 Å². The van der Waals surface area contributed by atoms with Gasteiger partial charge in [-0.2, -0.15) is 4.31 Å². The van der Waals surface area contributed by atoms with Crippen molar-refractivity contribution >= 4 is 21.6 Å². The van der Waals surface area contributed by atoms with Crippen LogP contribution in [0, 0.1) is 13.8 Å². The number of esters is 1. The van der Waals surface area contributed by atoms with Gasteiger partial charge in [-0.1, -0.05) is 23.8 Å². The fourth-order valence-corrected chi connectivity index (χ4v) is 5.33. The molecule has 31 heavy (non-hydrogen) atoms. The number of aromatic nitrogens is 2. The van der Waals surface area contributed by atoms with E-state index in [4.69, 9.17) is 4.74 Å². The van der Waals surface area contributed by atoms with Crippen LogP contribution >= 0.6 is 0 Å². The zero-order valence-electron chi connectivity index (χ0n) is 17.3. The molecular weight excluding hydrogens is 418 g/mol. The molecule has 8 nitrogen and oxygen atoms in total. The zero-order chi connectivity index (χ0) is 22.2. The predicted octanol–water partition coefficient (Wildman–Crippen LogP) is 2.21. The quantitative estimate of drug-likeness (QED) is 0.563. The fourth-order valence-electron chi connectivity index (χ4n) is 3.68. The lowest BCUT2D eigenvalue weighted by Crippen LogP contribution is -2.41. The highest BCUT2D eigenvalue weighted by Gasteiger charge is 2.40. The topological polar surface area (TPSA) is 98.0 Å². The first-order valence-corrected chi connectivity index (χ1v) is 11.4. The monoisotopic (exact) mass is 441 g/mol. The van der Waals surface area contributed by atoms with Crippen molar-refractivity contribution in [3.63, 3.8) is 0 Å². The lowest BCUT2D eigenvalue weighted by molar-refractivity contribution is -0.148. The van der Waals surface area contributed by atoms with Gasteiger partial charge in [0.15, 0.2) is 0 Å². The molecule has 1 fully saturated rings. The number of carbonyl (C=O) groups is 1. The van der Waals surface area contributed by atoms with Crippen LogP contribution in [0.2, 0.25) is 0 Å². The van der Waals surface area contributed by atoms with Crippen molar-refractivity contribution in [3.05, 3.63) is 75.8 Å². The number of ether oxygens (including phenoxy) is 1. The number of carbonyl (C=O) groups excluding carboxylic acids is 1. The summed E-state index contributed by atoms with van der Waals surface area (Å²) in [5, 5.41) is 0.